The quantitative estimate of drug-likeness (QED) is 0.174. The summed E-state index contributed by atoms with van der Waals surface area (Å²) in [4.78, 5) is 15.8. The Labute approximate surface area is 178 Å². The third-order valence-corrected chi connectivity index (χ3v) is 3.73. The molecule has 0 bridgehead atoms. The predicted octanol–water partition coefficient (Wildman–Crippen LogP) is 1.96. The van der Waals surface area contributed by atoms with Crippen LogP contribution in [-0.4, -0.2) is 52.4 Å². The van der Waals surface area contributed by atoms with Gasteiger partial charge in [-0.3, -0.25) is 9.48 Å². The Morgan fingerprint density at radius 1 is 1.50 bits per heavy atom. The van der Waals surface area contributed by atoms with Crippen LogP contribution in [-0.2, 0) is 20.8 Å². The number of aliphatic hydroxyl groups excluding tert-OH is 1. The van der Waals surface area contributed by atoms with Crippen LogP contribution in [0.25, 0.3) is 6.08 Å². The van der Waals surface area contributed by atoms with E-state index in [-0.39, 0.29) is 25.1 Å². The van der Waals surface area contributed by atoms with Crippen molar-refractivity contribution in [2.45, 2.75) is 52.5 Å². The molecule has 0 amide bonds. The van der Waals surface area contributed by atoms with Gasteiger partial charge in [-0.15, -0.1) is 0 Å². The molecule has 166 valence electrons. The second kappa shape index (κ2) is 11.8. The molecule has 0 fully saturated rings. The maximum atomic E-state index is 11.9. The number of rotatable bonds is 10. The van der Waals surface area contributed by atoms with E-state index in [1.807, 2.05) is 39.8 Å². The van der Waals surface area contributed by atoms with Crippen LogP contribution < -0.4 is 11.1 Å². The van der Waals surface area contributed by atoms with Crippen molar-refractivity contribution in [3.05, 3.63) is 48.0 Å². The summed E-state index contributed by atoms with van der Waals surface area (Å²) >= 11 is 0. The Morgan fingerprint density at radius 3 is 2.77 bits per heavy atom. The third kappa shape index (κ3) is 9.42. The number of aliphatic imine (C=N–C) groups is 1. The van der Waals surface area contributed by atoms with Gasteiger partial charge >= 0.3 is 5.97 Å². The van der Waals surface area contributed by atoms with Gasteiger partial charge in [-0.05, 0) is 44.9 Å². The first-order chi connectivity index (χ1) is 14.1. The zero-order valence-corrected chi connectivity index (χ0v) is 18.4. The number of carbonyl (C=O) groups excluding carboxylic acids is 1. The molecule has 30 heavy (non-hydrogen) atoms. The number of methoxy groups -OCH3 is 1. The highest BCUT2D eigenvalue weighted by atomic mass is 16.6. The van der Waals surface area contributed by atoms with E-state index in [0.29, 0.717) is 12.1 Å². The minimum absolute atomic E-state index is 0.00578. The largest absolute Gasteiger partial charge is 0.469 e. The van der Waals surface area contributed by atoms with E-state index in [4.69, 9.17) is 15.2 Å². The Balaban J connectivity index is 2.88. The van der Waals surface area contributed by atoms with Crippen LogP contribution in [0.2, 0.25) is 0 Å². The summed E-state index contributed by atoms with van der Waals surface area (Å²) in [6, 6.07) is -0.00578. The summed E-state index contributed by atoms with van der Waals surface area (Å²) in [6.45, 7) is 11.3. The van der Waals surface area contributed by atoms with Gasteiger partial charge in [0.2, 0.25) is 0 Å². The monoisotopic (exact) mass is 419 g/mol. The summed E-state index contributed by atoms with van der Waals surface area (Å²) in [6.07, 6.45) is 8.47. The lowest BCUT2D eigenvalue weighted by Crippen LogP contribution is -2.32. The van der Waals surface area contributed by atoms with Crippen LogP contribution in [0, 0.1) is 0 Å². The molecule has 0 spiro atoms. The van der Waals surface area contributed by atoms with Gasteiger partial charge in [0.15, 0.2) is 0 Å². The van der Waals surface area contributed by atoms with Gasteiger partial charge in [-0.1, -0.05) is 19.6 Å². The molecule has 4 N–H and O–H groups in total. The Morgan fingerprint density at radius 2 is 2.20 bits per heavy atom. The first-order valence-electron chi connectivity index (χ1n) is 9.64. The average Bonchev–Trinajstić information content (AvgIpc) is 3.10. The molecule has 1 heterocycles. The van der Waals surface area contributed by atoms with Crippen LogP contribution in [0.15, 0.2) is 47.4 Å². The zero-order chi connectivity index (χ0) is 22.7. The number of amidine groups is 1. The highest BCUT2D eigenvalue weighted by molar-refractivity contribution is 5.71. The number of aromatic nitrogens is 2. The Kier molecular flexibility index (Phi) is 9.83. The average molecular weight is 420 g/mol. The van der Waals surface area contributed by atoms with Crippen molar-refractivity contribution >= 4 is 18.1 Å². The van der Waals surface area contributed by atoms with E-state index in [2.05, 4.69) is 22.0 Å². The smallest absolute Gasteiger partial charge is 0.328 e. The third-order valence-electron chi connectivity index (χ3n) is 3.73. The topological polar surface area (TPSA) is 124 Å². The number of allylic oxidation sites excluding steroid dienone is 3. The van der Waals surface area contributed by atoms with E-state index in [1.165, 1.54) is 11.8 Å². The molecule has 9 nitrogen and oxygen atoms in total. The minimum Gasteiger partial charge on any atom is -0.469 e. The highest BCUT2D eigenvalue weighted by Gasteiger charge is 2.16. The molecular weight excluding hydrogens is 386 g/mol. The molecule has 1 atom stereocenters. The molecule has 1 rings (SSSR count). The maximum absolute atomic E-state index is 11.9. The number of nitrogens with one attached hydrogen (secondary N) is 1. The van der Waals surface area contributed by atoms with Gasteiger partial charge in [0, 0.05) is 17.5 Å². The Bertz CT molecular complexity index is 803. The highest BCUT2D eigenvalue weighted by Crippen LogP contribution is 2.13. The molecule has 0 aliphatic carbocycles. The van der Waals surface area contributed by atoms with Gasteiger partial charge in [0.05, 0.1) is 19.9 Å². The van der Waals surface area contributed by atoms with Crippen molar-refractivity contribution in [1.82, 2.24) is 15.1 Å². The molecule has 1 aromatic heterocycles. The molecule has 0 saturated carbocycles. The van der Waals surface area contributed by atoms with Gasteiger partial charge in [0.1, 0.15) is 18.4 Å². The second-order valence-electron chi connectivity index (χ2n) is 7.43. The summed E-state index contributed by atoms with van der Waals surface area (Å²) in [5, 5.41) is 17.4. The van der Waals surface area contributed by atoms with Crippen molar-refractivity contribution in [3.63, 3.8) is 0 Å². The van der Waals surface area contributed by atoms with Crippen molar-refractivity contribution in [2.24, 2.45) is 10.7 Å². The summed E-state index contributed by atoms with van der Waals surface area (Å²) < 4.78 is 11.6. The van der Waals surface area contributed by atoms with E-state index in [1.54, 1.807) is 18.5 Å². The molecular formula is C21H33N5O4. The minimum atomic E-state index is -0.963. The van der Waals surface area contributed by atoms with Crippen molar-refractivity contribution in [3.8, 4) is 0 Å². The first-order valence-corrected chi connectivity index (χ1v) is 9.64. The fraction of sp³-hybridized carbons (Fsp3) is 0.476. The standard InChI is InChI=1S/C21H33N5O4/c1-7-16(8-2)17(25-18(27)12-23-20(22)29-6)10-9-15-11-24-26(13-15)14-19(28)30-21(3,4)5/h7,9-11,13,18,25,27H,1,8,12,14H2,2-6H3,(H2,22,23)/b10-9+,17-16-. The fourth-order valence-corrected chi connectivity index (χ4v) is 2.40. The number of nitrogens with two attached hydrogens (primary N) is 1. The van der Waals surface area contributed by atoms with E-state index < -0.39 is 11.8 Å². The van der Waals surface area contributed by atoms with E-state index in [0.717, 1.165) is 11.1 Å². The van der Waals surface area contributed by atoms with Gasteiger partial charge in [-0.2, -0.15) is 5.10 Å². The second-order valence-corrected chi connectivity index (χ2v) is 7.43. The zero-order valence-electron chi connectivity index (χ0n) is 18.4. The molecule has 1 unspecified atom stereocenters. The molecule has 1 aromatic rings. The van der Waals surface area contributed by atoms with Gasteiger partial charge in [-0.25, -0.2) is 4.99 Å². The molecule has 9 heteroatoms. The molecule has 0 aromatic carbocycles. The Hall–Kier alpha value is -3.07. The van der Waals surface area contributed by atoms with Crippen molar-refractivity contribution in [1.29, 1.82) is 0 Å². The van der Waals surface area contributed by atoms with Crippen LogP contribution in [0.4, 0.5) is 0 Å². The fourth-order valence-electron chi connectivity index (χ4n) is 2.40. The number of hydrogen-bond donors (Lipinski definition) is 3. The van der Waals surface area contributed by atoms with E-state index >= 15 is 0 Å². The van der Waals surface area contributed by atoms with Crippen LogP contribution >= 0.6 is 0 Å². The van der Waals surface area contributed by atoms with E-state index in [9.17, 15) is 9.90 Å². The number of esters is 1. The maximum Gasteiger partial charge on any atom is 0.328 e. The molecule has 0 saturated heterocycles. The lowest BCUT2D eigenvalue weighted by atomic mass is 10.1. The van der Waals surface area contributed by atoms with Crippen LogP contribution in [0.3, 0.4) is 0 Å². The lowest BCUT2D eigenvalue weighted by molar-refractivity contribution is -0.155. The van der Waals surface area contributed by atoms with Crippen LogP contribution in [0.5, 0.6) is 0 Å². The van der Waals surface area contributed by atoms with Crippen LogP contribution in [0.1, 0.15) is 39.7 Å². The van der Waals surface area contributed by atoms with Gasteiger partial charge in [0.25, 0.3) is 6.02 Å². The molecule has 0 aliphatic heterocycles. The van der Waals surface area contributed by atoms with Crippen molar-refractivity contribution in [2.75, 3.05) is 13.7 Å². The van der Waals surface area contributed by atoms with Crippen molar-refractivity contribution < 1.29 is 19.4 Å². The number of hydrogen-bond acceptors (Lipinski definition) is 7. The summed E-state index contributed by atoms with van der Waals surface area (Å²) in [7, 11) is 1.41. The van der Waals surface area contributed by atoms with Gasteiger partial charge < -0.3 is 25.6 Å². The SMILES string of the molecule is C=C/C(CC)=C(\C=C\c1cnn(CC(=O)OC(C)(C)C)c1)NC(O)C/N=C(/N)OC. The summed E-state index contributed by atoms with van der Waals surface area (Å²) in [5.74, 6) is -0.359. The number of ether oxygens (including phenoxy) is 2. The normalized spacial score (nSPS) is 14.3. The number of carbonyl (C=O) groups is 1. The number of aliphatic hydroxyl groups is 1. The lowest BCUT2D eigenvalue weighted by Gasteiger charge is -2.19. The molecule has 0 aliphatic rings. The molecule has 0 radical (unpaired) electrons. The number of nitrogens with zero attached hydrogens (tertiary/aromatic N) is 3. The predicted molar refractivity (Wildman–Crippen MR) is 117 cm³/mol. The summed E-state index contributed by atoms with van der Waals surface area (Å²) in [5.41, 5.74) is 7.31. The first kappa shape index (κ1) is 25.0.